The number of hydrogen-bond acceptors (Lipinski definition) is 3. The van der Waals surface area contributed by atoms with Crippen LogP contribution in [0.2, 0.25) is 0 Å². The molecule has 4 heteroatoms. The minimum Gasteiger partial charge on any atom is -0.478 e. The van der Waals surface area contributed by atoms with E-state index in [0.717, 1.165) is 38.2 Å². The van der Waals surface area contributed by atoms with Crippen molar-refractivity contribution < 1.29 is 9.90 Å². The lowest BCUT2D eigenvalue weighted by atomic mass is 9.84. The summed E-state index contributed by atoms with van der Waals surface area (Å²) in [5, 5.41) is 13.2. The fourth-order valence-electron chi connectivity index (χ4n) is 4.48. The first kappa shape index (κ1) is 17.3. The molecular formula is C20H30N2O2. The van der Waals surface area contributed by atoms with Crippen LogP contribution in [0.1, 0.15) is 61.4 Å². The normalized spacial score (nSPS) is 19.8. The zero-order chi connectivity index (χ0) is 16.9. The molecule has 2 N–H and O–H groups in total. The van der Waals surface area contributed by atoms with Gasteiger partial charge in [-0.1, -0.05) is 31.9 Å². The molecule has 0 saturated carbocycles. The number of nitrogens with one attached hydrogen (secondary N) is 1. The van der Waals surface area contributed by atoms with E-state index in [1.54, 1.807) is 6.07 Å². The van der Waals surface area contributed by atoms with E-state index in [2.05, 4.69) is 23.2 Å². The van der Waals surface area contributed by atoms with Crippen molar-refractivity contribution in [1.29, 1.82) is 0 Å². The van der Waals surface area contributed by atoms with Crippen molar-refractivity contribution in [3.8, 4) is 0 Å². The van der Waals surface area contributed by atoms with Gasteiger partial charge in [-0.25, -0.2) is 4.79 Å². The highest BCUT2D eigenvalue weighted by atomic mass is 16.4. The van der Waals surface area contributed by atoms with Gasteiger partial charge in [-0.05, 0) is 62.7 Å². The van der Waals surface area contributed by atoms with E-state index < -0.39 is 5.97 Å². The molecular weight excluding hydrogens is 300 g/mol. The average molecular weight is 330 g/mol. The molecule has 0 spiro atoms. The van der Waals surface area contributed by atoms with Crippen molar-refractivity contribution in [2.24, 2.45) is 5.92 Å². The monoisotopic (exact) mass is 330 g/mol. The molecule has 24 heavy (non-hydrogen) atoms. The van der Waals surface area contributed by atoms with E-state index in [9.17, 15) is 9.90 Å². The zero-order valence-corrected chi connectivity index (χ0v) is 14.8. The number of carboxylic acid groups (broad SMARTS) is 1. The van der Waals surface area contributed by atoms with Crippen molar-refractivity contribution in [1.82, 2.24) is 5.32 Å². The summed E-state index contributed by atoms with van der Waals surface area (Å²) >= 11 is 0. The Morgan fingerprint density at radius 3 is 2.88 bits per heavy atom. The first-order valence-electron chi connectivity index (χ1n) is 9.55. The molecule has 1 saturated heterocycles. The van der Waals surface area contributed by atoms with Crippen LogP contribution in [0, 0.1) is 5.92 Å². The molecule has 0 bridgehead atoms. The highest BCUT2D eigenvalue weighted by molar-refractivity contribution is 5.95. The van der Waals surface area contributed by atoms with Crippen LogP contribution < -0.4 is 10.2 Å². The summed E-state index contributed by atoms with van der Waals surface area (Å²) in [4.78, 5) is 14.3. The number of aryl methyl sites for hydroxylation is 1. The molecule has 1 unspecified atom stereocenters. The smallest absolute Gasteiger partial charge is 0.337 e. The Labute approximate surface area is 145 Å². The summed E-state index contributed by atoms with van der Waals surface area (Å²) in [5.74, 6) is -0.121. The van der Waals surface area contributed by atoms with E-state index in [4.69, 9.17) is 0 Å². The van der Waals surface area contributed by atoms with E-state index in [-0.39, 0.29) is 0 Å². The molecule has 132 valence electrons. The number of carboxylic acids is 1. The second-order valence-electron chi connectivity index (χ2n) is 7.21. The minimum atomic E-state index is -0.793. The molecule has 0 aliphatic carbocycles. The van der Waals surface area contributed by atoms with Crippen LogP contribution in [0.25, 0.3) is 0 Å². The topological polar surface area (TPSA) is 52.6 Å². The maximum Gasteiger partial charge on any atom is 0.337 e. The summed E-state index contributed by atoms with van der Waals surface area (Å²) in [6, 6.07) is 6.27. The summed E-state index contributed by atoms with van der Waals surface area (Å²) < 4.78 is 0. The first-order chi connectivity index (χ1) is 11.7. The molecule has 0 aromatic heterocycles. The van der Waals surface area contributed by atoms with Crippen LogP contribution in [0.4, 0.5) is 5.69 Å². The number of fused-ring (bicyclic) bond motifs is 1. The van der Waals surface area contributed by atoms with Crippen LogP contribution in [-0.4, -0.2) is 36.8 Å². The highest BCUT2D eigenvalue weighted by Crippen LogP contribution is 2.37. The molecule has 2 heterocycles. The third kappa shape index (κ3) is 3.59. The van der Waals surface area contributed by atoms with Crippen molar-refractivity contribution in [2.75, 3.05) is 24.5 Å². The molecule has 2 aliphatic heterocycles. The van der Waals surface area contributed by atoms with Crippen molar-refractivity contribution >= 4 is 11.7 Å². The van der Waals surface area contributed by atoms with Gasteiger partial charge >= 0.3 is 5.97 Å². The van der Waals surface area contributed by atoms with Gasteiger partial charge in [0.25, 0.3) is 0 Å². The predicted molar refractivity (Wildman–Crippen MR) is 98.0 cm³/mol. The lowest BCUT2D eigenvalue weighted by Gasteiger charge is -2.44. The number of anilines is 1. The Bertz CT molecular complexity index is 567. The van der Waals surface area contributed by atoms with Crippen molar-refractivity contribution in [3.63, 3.8) is 0 Å². The number of hydrogen-bond donors (Lipinski definition) is 2. The minimum absolute atomic E-state index is 0.478. The Morgan fingerprint density at radius 2 is 2.17 bits per heavy atom. The van der Waals surface area contributed by atoms with Gasteiger partial charge in [-0.3, -0.25) is 0 Å². The fourth-order valence-corrected chi connectivity index (χ4v) is 4.48. The van der Waals surface area contributed by atoms with E-state index in [1.165, 1.54) is 37.7 Å². The zero-order valence-electron chi connectivity index (χ0n) is 14.8. The summed E-state index contributed by atoms with van der Waals surface area (Å²) in [6.07, 6.45) is 8.13. The number of benzene rings is 1. The Hall–Kier alpha value is -1.55. The van der Waals surface area contributed by atoms with Crippen LogP contribution in [0.15, 0.2) is 18.2 Å². The molecule has 4 nitrogen and oxygen atoms in total. The quantitative estimate of drug-likeness (QED) is 0.835. The van der Waals surface area contributed by atoms with Gasteiger partial charge in [0.15, 0.2) is 0 Å². The Balaban J connectivity index is 1.95. The van der Waals surface area contributed by atoms with Crippen LogP contribution >= 0.6 is 0 Å². The molecule has 1 aromatic rings. The SMILES string of the molecule is CCCCC(C1CCNCC1)N1CCCc2cccc(C(=O)O)c21. The van der Waals surface area contributed by atoms with E-state index in [1.807, 2.05) is 6.07 Å². The number of piperidine rings is 1. The lowest BCUT2D eigenvalue weighted by Crippen LogP contribution is -2.47. The van der Waals surface area contributed by atoms with Gasteiger partial charge in [-0.15, -0.1) is 0 Å². The van der Waals surface area contributed by atoms with Crippen molar-refractivity contribution in [3.05, 3.63) is 29.3 Å². The number of para-hydroxylation sites is 1. The van der Waals surface area contributed by atoms with Crippen LogP contribution in [0.3, 0.4) is 0 Å². The first-order valence-corrected chi connectivity index (χ1v) is 9.55. The standard InChI is InChI=1S/C20H30N2O2/c1-2-3-9-18(15-10-12-21-13-11-15)22-14-5-7-16-6-4-8-17(19(16)22)20(23)24/h4,6,8,15,18,21H,2-3,5,7,9-14H2,1H3,(H,23,24). The molecule has 0 amide bonds. The number of nitrogens with zero attached hydrogens (tertiary/aromatic N) is 1. The fraction of sp³-hybridized carbons (Fsp3) is 0.650. The summed E-state index contributed by atoms with van der Waals surface area (Å²) in [7, 11) is 0. The van der Waals surface area contributed by atoms with Crippen LogP contribution in [0.5, 0.6) is 0 Å². The predicted octanol–water partition coefficient (Wildman–Crippen LogP) is 3.70. The molecule has 1 atom stereocenters. The van der Waals surface area contributed by atoms with Gasteiger partial charge in [0, 0.05) is 12.6 Å². The maximum atomic E-state index is 11.8. The second kappa shape index (κ2) is 8.02. The largest absolute Gasteiger partial charge is 0.478 e. The van der Waals surface area contributed by atoms with Gasteiger partial charge in [0.05, 0.1) is 11.3 Å². The van der Waals surface area contributed by atoms with E-state index in [0.29, 0.717) is 17.5 Å². The number of rotatable bonds is 6. The molecule has 3 rings (SSSR count). The van der Waals surface area contributed by atoms with Crippen LogP contribution in [-0.2, 0) is 6.42 Å². The Kier molecular flexibility index (Phi) is 5.77. The average Bonchev–Trinajstić information content (AvgIpc) is 2.62. The number of carbonyl (C=O) groups is 1. The van der Waals surface area contributed by atoms with Gasteiger partial charge < -0.3 is 15.3 Å². The number of aromatic carboxylic acids is 1. The lowest BCUT2D eigenvalue weighted by molar-refractivity contribution is 0.0697. The van der Waals surface area contributed by atoms with Gasteiger partial charge in [-0.2, -0.15) is 0 Å². The Morgan fingerprint density at radius 1 is 1.38 bits per heavy atom. The van der Waals surface area contributed by atoms with Gasteiger partial charge in [0.2, 0.25) is 0 Å². The third-order valence-electron chi connectivity index (χ3n) is 5.66. The highest BCUT2D eigenvalue weighted by Gasteiger charge is 2.33. The van der Waals surface area contributed by atoms with Crippen molar-refractivity contribution in [2.45, 2.75) is 57.9 Å². The number of unbranched alkanes of at least 4 members (excludes halogenated alkanes) is 1. The molecule has 1 aromatic carbocycles. The summed E-state index contributed by atoms with van der Waals surface area (Å²) in [5.41, 5.74) is 2.72. The molecule has 2 aliphatic rings. The third-order valence-corrected chi connectivity index (χ3v) is 5.66. The van der Waals surface area contributed by atoms with E-state index >= 15 is 0 Å². The molecule has 0 radical (unpaired) electrons. The summed E-state index contributed by atoms with van der Waals surface area (Å²) in [6.45, 7) is 5.42. The second-order valence-corrected chi connectivity index (χ2v) is 7.21. The molecule has 1 fully saturated rings. The maximum absolute atomic E-state index is 11.8. The van der Waals surface area contributed by atoms with Gasteiger partial charge in [0.1, 0.15) is 0 Å².